The maximum absolute atomic E-state index is 2.32. The van der Waals surface area contributed by atoms with Crippen LogP contribution in [-0.2, 0) is 7.05 Å². The number of hydrogen-bond acceptors (Lipinski definition) is 0. The van der Waals surface area contributed by atoms with Crippen LogP contribution in [0.3, 0.4) is 0 Å². The van der Waals surface area contributed by atoms with E-state index in [1.165, 1.54) is 28.1 Å². The quantitative estimate of drug-likeness (QED) is 0.427. The van der Waals surface area contributed by atoms with Crippen molar-refractivity contribution in [3.05, 3.63) is 59.9 Å². The molecular weight excluding hydrogens is 347 g/mol. The lowest BCUT2D eigenvalue weighted by atomic mass is 10.2. The molecule has 0 unspecified atom stereocenters. The van der Waals surface area contributed by atoms with Crippen LogP contribution in [0.15, 0.2) is 48.5 Å². The van der Waals surface area contributed by atoms with Gasteiger partial charge in [-0.15, -0.1) is 0 Å². The second kappa shape index (κ2) is 5.33. The first-order valence-electron chi connectivity index (χ1n) is 6.22. The van der Waals surface area contributed by atoms with Crippen LogP contribution in [0, 0.1) is 13.8 Å². The molecule has 0 spiro atoms. The number of aromatic nitrogens is 2. The van der Waals surface area contributed by atoms with Gasteiger partial charge in [-0.1, -0.05) is 30.3 Å². The second-order valence-electron chi connectivity index (χ2n) is 4.72. The minimum atomic E-state index is 0. The summed E-state index contributed by atoms with van der Waals surface area (Å²) >= 11 is 0. The summed E-state index contributed by atoms with van der Waals surface area (Å²) in [6.07, 6.45) is 0. The molecule has 0 saturated heterocycles. The molecule has 2 nitrogen and oxygen atoms in total. The third-order valence-electron chi connectivity index (χ3n) is 3.65. The molecule has 3 rings (SSSR count). The van der Waals surface area contributed by atoms with E-state index in [9.17, 15) is 0 Å². The van der Waals surface area contributed by atoms with Crippen molar-refractivity contribution in [2.45, 2.75) is 13.8 Å². The van der Waals surface area contributed by atoms with Crippen molar-refractivity contribution in [1.82, 2.24) is 4.57 Å². The van der Waals surface area contributed by atoms with Gasteiger partial charge < -0.3 is 24.0 Å². The number of imidazole rings is 1. The van der Waals surface area contributed by atoms with Crippen LogP contribution in [0.5, 0.6) is 0 Å². The first-order valence-corrected chi connectivity index (χ1v) is 6.22. The summed E-state index contributed by atoms with van der Waals surface area (Å²) < 4.78 is 4.56. The Morgan fingerprint density at radius 3 is 2.26 bits per heavy atom. The third kappa shape index (κ3) is 2.16. The van der Waals surface area contributed by atoms with Crippen molar-refractivity contribution in [3.63, 3.8) is 0 Å². The van der Waals surface area contributed by atoms with Crippen LogP contribution >= 0.6 is 0 Å². The zero-order valence-corrected chi connectivity index (χ0v) is 13.5. The molecule has 3 heteroatoms. The van der Waals surface area contributed by atoms with E-state index in [1.807, 2.05) is 0 Å². The highest BCUT2D eigenvalue weighted by Crippen LogP contribution is 2.21. The highest BCUT2D eigenvalue weighted by Gasteiger charge is 2.20. The average molecular weight is 364 g/mol. The van der Waals surface area contributed by atoms with Crippen molar-refractivity contribution in [2.24, 2.45) is 7.05 Å². The molecule has 1 aromatic heterocycles. The second-order valence-corrected chi connectivity index (χ2v) is 4.72. The standard InChI is InChI=1S/C16H17N2.HI/c1-12-8-4-5-9-14(12)18-13(2)17(3)15-10-6-7-11-16(15)18;/h4-11H,1-3H3;1H/q+1;/p-1. The molecule has 3 aromatic rings. The van der Waals surface area contributed by atoms with Crippen LogP contribution < -0.4 is 28.5 Å². The van der Waals surface area contributed by atoms with Gasteiger partial charge >= 0.3 is 0 Å². The first-order chi connectivity index (χ1) is 8.70. The third-order valence-corrected chi connectivity index (χ3v) is 3.65. The molecule has 0 bridgehead atoms. The summed E-state index contributed by atoms with van der Waals surface area (Å²) in [5, 5.41) is 0. The van der Waals surface area contributed by atoms with E-state index in [0.717, 1.165) is 0 Å². The summed E-state index contributed by atoms with van der Waals surface area (Å²) in [5.41, 5.74) is 5.07. The molecule has 0 N–H and O–H groups in total. The predicted octanol–water partition coefficient (Wildman–Crippen LogP) is 0.0758. The zero-order chi connectivity index (χ0) is 12.7. The number of benzene rings is 2. The lowest BCUT2D eigenvalue weighted by molar-refractivity contribution is -0.652. The van der Waals surface area contributed by atoms with Crippen molar-refractivity contribution >= 4 is 11.0 Å². The van der Waals surface area contributed by atoms with E-state index in [0.29, 0.717) is 0 Å². The lowest BCUT2D eigenvalue weighted by Crippen LogP contribution is -3.00. The van der Waals surface area contributed by atoms with Crippen LogP contribution in [0.1, 0.15) is 11.4 Å². The van der Waals surface area contributed by atoms with E-state index in [-0.39, 0.29) is 24.0 Å². The highest BCUT2D eigenvalue weighted by atomic mass is 127. The Morgan fingerprint density at radius 2 is 1.53 bits per heavy atom. The van der Waals surface area contributed by atoms with Crippen LogP contribution in [-0.4, -0.2) is 4.57 Å². The molecule has 98 valence electrons. The van der Waals surface area contributed by atoms with Crippen LogP contribution in [0.4, 0.5) is 0 Å². The summed E-state index contributed by atoms with van der Waals surface area (Å²) in [4.78, 5) is 0. The van der Waals surface area contributed by atoms with E-state index >= 15 is 0 Å². The van der Waals surface area contributed by atoms with Gasteiger partial charge in [-0.2, -0.15) is 4.57 Å². The van der Waals surface area contributed by atoms with Crippen molar-refractivity contribution in [3.8, 4) is 5.69 Å². The number of hydrogen-bond donors (Lipinski definition) is 0. The largest absolute Gasteiger partial charge is 1.00 e. The number of nitrogens with zero attached hydrogens (tertiary/aromatic N) is 2. The van der Waals surface area contributed by atoms with E-state index in [4.69, 9.17) is 0 Å². The smallest absolute Gasteiger partial charge is 0.259 e. The SMILES string of the molecule is Cc1ccccc1-n1c(C)[n+](C)c2ccccc21.[I-]. The summed E-state index contributed by atoms with van der Waals surface area (Å²) in [6, 6.07) is 17.0. The summed E-state index contributed by atoms with van der Waals surface area (Å²) in [6.45, 7) is 4.32. The fraction of sp³-hybridized carbons (Fsp3) is 0.188. The lowest BCUT2D eigenvalue weighted by Gasteiger charge is -2.03. The normalized spacial score (nSPS) is 10.5. The maximum atomic E-state index is 2.32. The Hall–Kier alpha value is -1.36. The first kappa shape index (κ1) is 14.1. The molecule has 0 aliphatic rings. The van der Waals surface area contributed by atoms with Crippen LogP contribution in [0.25, 0.3) is 16.7 Å². The summed E-state index contributed by atoms with van der Waals surface area (Å²) in [7, 11) is 2.12. The Morgan fingerprint density at radius 1 is 0.895 bits per heavy atom. The van der Waals surface area contributed by atoms with Crippen molar-refractivity contribution < 1.29 is 28.5 Å². The van der Waals surface area contributed by atoms with Gasteiger partial charge in [0.2, 0.25) is 0 Å². The molecule has 0 saturated carbocycles. The highest BCUT2D eigenvalue weighted by molar-refractivity contribution is 5.75. The molecule has 0 radical (unpaired) electrons. The molecule has 0 aliphatic carbocycles. The molecule has 0 atom stereocenters. The van der Waals surface area contributed by atoms with Gasteiger partial charge in [0.15, 0.2) is 11.0 Å². The van der Waals surface area contributed by atoms with Gasteiger partial charge in [-0.05, 0) is 30.7 Å². The number of para-hydroxylation sites is 3. The number of rotatable bonds is 1. The monoisotopic (exact) mass is 364 g/mol. The zero-order valence-electron chi connectivity index (χ0n) is 11.4. The Kier molecular flexibility index (Phi) is 3.94. The molecule has 19 heavy (non-hydrogen) atoms. The number of aryl methyl sites for hydroxylation is 2. The van der Waals surface area contributed by atoms with E-state index in [1.54, 1.807) is 0 Å². The van der Waals surface area contributed by atoms with Gasteiger partial charge in [0.25, 0.3) is 5.82 Å². The minimum absolute atomic E-state index is 0. The van der Waals surface area contributed by atoms with Gasteiger partial charge in [0.05, 0.1) is 7.05 Å². The minimum Gasteiger partial charge on any atom is -1.00 e. The summed E-state index contributed by atoms with van der Waals surface area (Å²) in [5.74, 6) is 1.24. The number of halogens is 1. The van der Waals surface area contributed by atoms with Gasteiger partial charge in [0.1, 0.15) is 5.69 Å². The molecule has 0 fully saturated rings. The van der Waals surface area contributed by atoms with Crippen molar-refractivity contribution in [1.29, 1.82) is 0 Å². The van der Waals surface area contributed by atoms with E-state index in [2.05, 4.69) is 78.6 Å². The van der Waals surface area contributed by atoms with Gasteiger partial charge in [-0.25, -0.2) is 4.57 Å². The van der Waals surface area contributed by atoms with Gasteiger partial charge in [-0.3, -0.25) is 0 Å². The Labute approximate surface area is 130 Å². The Bertz CT molecular complexity index is 729. The topological polar surface area (TPSA) is 8.81 Å². The fourth-order valence-electron chi connectivity index (χ4n) is 2.55. The Balaban J connectivity index is 0.00000133. The van der Waals surface area contributed by atoms with Crippen molar-refractivity contribution in [2.75, 3.05) is 0 Å². The van der Waals surface area contributed by atoms with Gasteiger partial charge in [0, 0.05) is 6.92 Å². The number of fused-ring (bicyclic) bond motifs is 1. The fourth-order valence-corrected chi connectivity index (χ4v) is 2.55. The molecule has 0 amide bonds. The van der Waals surface area contributed by atoms with E-state index < -0.39 is 0 Å². The van der Waals surface area contributed by atoms with Crippen LogP contribution in [0.2, 0.25) is 0 Å². The maximum Gasteiger partial charge on any atom is 0.259 e. The molecule has 0 aliphatic heterocycles. The molecule has 1 heterocycles. The predicted molar refractivity (Wildman–Crippen MR) is 73.9 cm³/mol. The molecule has 2 aromatic carbocycles. The molecular formula is C16H17IN2. The average Bonchev–Trinajstić information content (AvgIpc) is 2.64.